The van der Waals surface area contributed by atoms with Crippen LogP contribution in [0.5, 0.6) is 0 Å². The highest BCUT2D eigenvalue weighted by molar-refractivity contribution is 5.95. The van der Waals surface area contributed by atoms with Crippen molar-refractivity contribution in [2.45, 2.75) is 38.1 Å². The molecule has 0 spiro atoms. The van der Waals surface area contributed by atoms with Crippen molar-refractivity contribution in [1.29, 1.82) is 0 Å². The number of nitrogens with zero attached hydrogens (tertiary/aromatic N) is 3. The zero-order chi connectivity index (χ0) is 21.6. The summed E-state index contributed by atoms with van der Waals surface area (Å²) in [5, 5.41) is 11.0. The van der Waals surface area contributed by atoms with Crippen molar-refractivity contribution in [3.63, 3.8) is 0 Å². The van der Waals surface area contributed by atoms with Crippen LogP contribution in [0.4, 0.5) is 14.8 Å². The first-order chi connectivity index (χ1) is 15.1. The van der Waals surface area contributed by atoms with E-state index in [1.54, 1.807) is 0 Å². The Bertz CT molecular complexity index is 997. The SMILES string of the molecule is O=C(NC(Cc1ccccc1)c1nnc(N2CCCCCC2)o1)c1c(F)cccc1F. The van der Waals surface area contributed by atoms with E-state index in [-0.39, 0.29) is 5.89 Å². The van der Waals surface area contributed by atoms with Gasteiger partial charge in [0.05, 0.1) is 0 Å². The van der Waals surface area contributed by atoms with Crippen LogP contribution in [0.1, 0.15) is 53.5 Å². The molecule has 3 aromatic rings. The van der Waals surface area contributed by atoms with E-state index in [4.69, 9.17) is 4.42 Å². The smallest absolute Gasteiger partial charge is 0.318 e. The van der Waals surface area contributed by atoms with Crippen LogP contribution in [0, 0.1) is 11.6 Å². The molecule has 162 valence electrons. The number of nitrogens with one attached hydrogen (secondary N) is 1. The summed E-state index contributed by atoms with van der Waals surface area (Å²) in [6.07, 6.45) is 4.77. The predicted molar refractivity (Wildman–Crippen MR) is 112 cm³/mol. The Morgan fingerprint density at radius 3 is 2.32 bits per heavy atom. The molecule has 1 aliphatic rings. The first kappa shape index (κ1) is 21.0. The molecule has 2 aromatic carbocycles. The van der Waals surface area contributed by atoms with Crippen molar-refractivity contribution in [2.75, 3.05) is 18.0 Å². The van der Waals surface area contributed by atoms with Gasteiger partial charge in [-0.05, 0) is 30.5 Å². The van der Waals surface area contributed by atoms with Crippen LogP contribution in [0.15, 0.2) is 52.9 Å². The van der Waals surface area contributed by atoms with Gasteiger partial charge in [-0.1, -0.05) is 54.3 Å². The van der Waals surface area contributed by atoms with Gasteiger partial charge in [0.1, 0.15) is 23.2 Å². The Morgan fingerprint density at radius 1 is 0.968 bits per heavy atom. The molecule has 1 atom stereocenters. The van der Waals surface area contributed by atoms with Gasteiger partial charge < -0.3 is 14.6 Å². The number of hydrogen-bond donors (Lipinski definition) is 1. The lowest BCUT2D eigenvalue weighted by Crippen LogP contribution is -2.31. The van der Waals surface area contributed by atoms with E-state index >= 15 is 0 Å². The fraction of sp³-hybridized carbons (Fsp3) is 0.348. The van der Waals surface area contributed by atoms with Crippen LogP contribution in [0.2, 0.25) is 0 Å². The van der Waals surface area contributed by atoms with Crippen LogP contribution in [-0.2, 0) is 6.42 Å². The molecule has 1 N–H and O–H groups in total. The lowest BCUT2D eigenvalue weighted by atomic mass is 10.1. The molecule has 1 fully saturated rings. The quantitative estimate of drug-likeness (QED) is 0.631. The van der Waals surface area contributed by atoms with Crippen molar-refractivity contribution in [3.05, 3.63) is 77.2 Å². The van der Waals surface area contributed by atoms with Crippen LogP contribution in [0.3, 0.4) is 0 Å². The average Bonchev–Trinajstić information content (AvgIpc) is 3.09. The number of rotatable bonds is 6. The Labute approximate surface area is 179 Å². The van der Waals surface area contributed by atoms with Gasteiger partial charge in [0.15, 0.2) is 0 Å². The maximum atomic E-state index is 14.1. The molecule has 1 unspecified atom stereocenters. The molecule has 2 heterocycles. The number of benzene rings is 2. The molecule has 0 aliphatic carbocycles. The normalized spacial score (nSPS) is 15.4. The van der Waals surface area contributed by atoms with Crippen LogP contribution in [-0.4, -0.2) is 29.2 Å². The first-order valence-electron chi connectivity index (χ1n) is 10.5. The molecule has 0 saturated carbocycles. The molecule has 1 amide bonds. The van der Waals surface area contributed by atoms with E-state index in [1.165, 1.54) is 18.9 Å². The lowest BCUT2D eigenvalue weighted by molar-refractivity contribution is 0.0921. The zero-order valence-corrected chi connectivity index (χ0v) is 17.1. The third-order valence-electron chi connectivity index (χ3n) is 5.38. The molecule has 4 rings (SSSR count). The summed E-state index contributed by atoms with van der Waals surface area (Å²) < 4.78 is 34.1. The predicted octanol–water partition coefficient (Wildman–Crippen LogP) is 4.44. The van der Waals surface area contributed by atoms with E-state index in [9.17, 15) is 13.6 Å². The summed E-state index contributed by atoms with van der Waals surface area (Å²) in [7, 11) is 0. The molecule has 1 saturated heterocycles. The number of halogens is 2. The highest BCUT2D eigenvalue weighted by Gasteiger charge is 2.26. The van der Waals surface area contributed by atoms with E-state index in [2.05, 4.69) is 15.5 Å². The van der Waals surface area contributed by atoms with E-state index in [1.807, 2.05) is 35.2 Å². The second kappa shape index (κ2) is 9.68. The van der Waals surface area contributed by atoms with Gasteiger partial charge in [-0.25, -0.2) is 8.78 Å². The van der Waals surface area contributed by atoms with Gasteiger partial charge >= 0.3 is 6.01 Å². The van der Waals surface area contributed by atoms with Gasteiger partial charge in [-0.2, -0.15) is 0 Å². The lowest BCUT2D eigenvalue weighted by Gasteiger charge is -2.18. The maximum absolute atomic E-state index is 14.1. The van der Waals surface area contributed by atoms with Crippen molar-refractivity contribution in [2.24, 2.45) is 0 Å². The highest BCUT2D eigenvalue weighted by Crippen LogP contribution is 2.24. The van der Waals surface area contributed by atoms with Crippen molar-refractivity contribution in [3.8, 4) is 0 Å². The Balaban J connectivity index is 1.59. The summed E-state index contributed by atoms with van der Waals surface area (Å²) in [5.74, 6) is -2.52. The van der Waals surface area contributed by atoms with E-state index in [0.717, 1.165) is 43.6 Å². The molecule has 0 radical (unpaired) electrons. The number of aromatic nitrogens is 2. The monoisotopic (exact) mass is 426 g/mol. The topological polar surface area (TPSA) is 71.3 Å². The van der Waals surface area contributed by atoms with Crippen molar-refractivity contribution < 1.29 is 18.0 Å². The highest BCUT2D eigenvalue weighted by atomic mass is 19.1. The standard InChI is InChI=1S/C23H24F2N4O2/c24-17-11-8-12-18(25)20(17)21(30)26-19(15-16-9-4-3-5-10-16)22-27-28-23(31-22)29-13-6-1-2-7-14-29/h3-5,8-12,19H,1-2,6-7,13-15H2,(H,26,30). The number of hydrogen-bond acceptors (Lipinski definition) is 5. The Kier molecular flexibility index (Phi) is 6.54. The van der Waals surface area contributed by atoms with E-state index < -0.39 is 29.1 Å². The summed E-state index contributed by atoms with van der Waals surface area (Å²) in [6, 6.07) is 12.4. The third kappa shape index (κ3) is 5.07. The van der Waals surface area contributed by atoms with E-state index in [0.29, 0.717) is 12.4 Å². The van der Waals surface area contributed by atoms with Gasteiger partial charge in [-0.15, -0.1) is 5.10 Å². The molecule has 31 heavy (non-hydrogen) atoms. The minimum atomic E-state index is -0.924. The first-order valence-corrected chi connectivity index (χ1v) is 10.5. The molecule has 8 heteroatoms. The summed E-state index contributed by atoms with van der Waals surface area (Å²) in [4.78, 5) is 14.8. The van der Waals surface area contributed by atoms with Crippen molar-refractivity contribution >= 4 is 11.9 Å². The number of anilines is 1. The fourth-order valence-corrected chi connectivity index (χ4v) is 3.75. The largest absolute Gasteiger partial charge is 0.406 e. The summed E-state index contributed by atoms with van der Waals surface area (Å²) in [6.45, 7) is 1.66. The minimum absolute atomic E-state index is 0.202. The second-order valence-electron chi connectivity index (χ2n) is 7.64. The zero-order valence-electron chi connectivity index (χ0n) is 17.1. The van der Waals surface area contributed by atoms with Crippen molar-refractivity contribution in [1.82, 2.24) is 15.5 Å². The van der Waals surface area contributed by atoms with Gasteiger partial charge in [0.25, 0.3) is 5.91 Å². The molecule has 1 aromatic heterocycles. The second-order valence-corrected chi connectivity index (χ2v) is 7.64. The maximum Gasteiger partial charge on any atom is 0.318 e. The third-order valence-corrected chi connectivity index (χ3v) is 5.38. The molecular weight excluding hydrogens is 402 g/mol. The molecule has 6 nitrogen and oxygen atoms in total. The van der Waals surface area contributed by atoms with Crippen LogP contribution >= 0.6 is 0 Å². The number of amides is 1. The van der Waals surface area contributed by atoms with Crippen LogP contribution < -0.4 is 10.2 Å². The van der Waals surface area contributed by atoms with Gasteiger partial charge in [-0.3, -0.25) is 4.79 Å². The van der Waals surface area contributed by atoms with Gasteiger partial charge in [0.2, 0.25) is 5.89 Å². The fourth-order valence-electron chi connectivity index (χ4n) is 3.75. The summed E-state index contributed by atoms with van der Waals surface area (Å²) >= 11 is 0. The van der Waals surface area contributed by atoms with Gasteiger partial charge in [0, 0.05) is 19.5 Å². The van der Waals surface area contributed by atoms with Crippen LogP contribution in [0.25, 0.3) is 0 Å². The molecule has 0 bridgehead atoms. The molecule has 1 aliphatic heterocycles. The number of carbonyl (C=O) groups excluding carboxylic acids is 1. The summed E-state index contributed by atoms with van der Waals surface area (Å²) in [5.41, 5.74) is 0.282. The Morgan fingerprint density at radius 2 is 1.65 bits per heavy atom. The number of carbonyl (C=O) groups is 1. The Hall–Kier alpha value is -3.29. The molecular formula is C23H24F2N4O2. The average molecular weight is 426 g/mol. The minimum Gasteiger partial charge on any atom is -0.406 e.